The molecule has 0 aliphatic carbocycles. The van der Waals surface area contributed by atoms with Gasteiger partial charge in [-0.05, 0) is 20.8 Å². The van der Waals surface area contributed by atoms with Crippen LogP contribution in [0.4, 0.5) is 0 Å². The van der Waals surface area contributed by atoms with Crippen LogP contribution in [0.2, 0.25) is 0 Å². The molecule has 0 radical (unpaired) electrons. The third-order valence-corrected chi connectivity index (χ3v) is 1.27. The fourth-order valence-corrected chi connectivity index (χ4v) is 0.826. The molecule has 3 heteroatoms. The molecule has 0 spiro atoms. The maximum atomic E-state index is 10.8. The Morgan fingerprint density at radius 2 is 2.15 bits per heavy atom. The number of carbonyl (C=O) groups excluding carboxylic acids is 1. The summed E-state index contributed by atoms with van der Waals surface area (Å²) < 4.78 is 4.68. The fourth-order valence-electron chi connectivity index (χ4n) is 0.826. The van der Waals surface area contributed by atoms with Crippen LogP contribution in [0.1, 0.15) is 20.8 Å². The molecule has 0 saturated carbocycles. The van der Waals surface area contributed by atoms with Crippen LogP contribution in [0.5, 0.6) is 0 Å². The molecule has 0 aromatic carbocycles. The van der Waals surface area contributed by atoms with Crippen LogP contribution in [0, 0.1) is 0 Å². The smallest absolute Gasteiger partial charge is 0.330 e. The Balaban J connectivity index is 4.04. The Morgan fingerprint density at radius 1 is 1.54 bits per heavy atom. The van der Waals surface area contributed by atoms with Gasteiger partial charge in [0.25, 0.3) is 0 Å². The number of ether oxygens (including phenoxy) is 1. The Kier molecular flexibility index (Phi) is 5.89. The fraction of sp³-hybridized carbons (Fsp3) is 0.500. The first-order chi connectivity index (χ1) is 6.06. The minimum Gasteiger partial charge on any atom is -0.463 e. The SMILES string of the molecule is CCOC(=O)/C=C/C(C)=C/C(C)O. The zero-order valence-electron chi connectivity index (χ0n) is 8.28. The van der Waals surface area contributed by atoms with Crippen molar-refractivity contribution in [3.05, 3.63) is 23.8 Å². The van der Waals surface area contributed by atoms with Crippen molar-refractivity contribution in [3.8, 4) is 0 Å². The lowest BCUT2D eigenvalue weighted by molar-refractivity contribution is -0.137. The highest BCUT2D eigenvalue weighted by atomic mass is 16.5. The maximum absolute atomic E-state index is 10.8. The van der Waals surface area contributed by atoms with E-state index < -0.39 is 6.10 Å². The normalized spacial score (nSPS) is 14.6. The summed E-state index contributed by atoms with van der Waals surface area (Å²) in [6, 6.07) is 0. The molecular weight excluding hydrogens is 168 g/mol. The average Bonchev–Trinajstić information content (AvgIpc) is 2.00. The first kappa shape index (κ1) is 11.9. The molecule has 74 valence electrons. The third kappa shape index (κ3) is 7.28. The topological polar surface area (TPSA) is 46.5 Å². The lowest BCUT2D eigenvalue weighted by Crippen LogP contribution is -1.99. The van der Waals surface area contributed by atoms with Gasteiger partial charge in [0.1, 0.15) is 0 Å². The number of carbonyl (C=O) groups is 1. The molecule has 1 N–H and O–H groups in total. The van der Waals surface area contributed by atoms with Crippen molar-refractivity contribution >= 4 is 5.97 Å². The first-order valence-electron chi connectivity index (χ1n) is 4.27. The minimum absolute atomic E-state index is 0.360. The van der Waals surface area contributed by atoms with Gasteiger partial charge in [-0.25, -0.2) is 4.79 Å². The van der Waals surface area contributed by atoms with E-state index in [1.807, 2.05) is 6.92 Å². The van der Waals surface area contributed by atoms with Crippen LogP contribution in [0.25, 0.3) is 0 Å². The van der Waals surface area contributed by atoms with Crippen LogP contribution >= 0.6 is 0 Å². The quantitative estimate of drug-likeness (QED) is 0.408. The van der Waals surface area contributed by atoms with E-state index in [0.29, 0.717) is 6.61 Å². The second-order valence-electron chi connectivity index (χ2n) is 2.74. The summed E-state index contributed by atoms with van der Waals surface area (Å²) >= 11 is 0. The highest BCUT2D eigenvalue weighted by molar-refractivity contribution is 5.82. The Labute approximate surface area is 78.7 Å². The van der Waals surface area contributed by atoms with Gasteiger partial charge in [-0.3, -0.25) is 0 Å². The van der Waals surface area contributed by atoms with E-state index >= 15 is 0 Å². The van der Waals surface area contributed by atoms with Gasteiger partial charge in [-0.1, -0.05) is 17.7 Å². The van der Waals surface area contributed by atoms with Gasteiger partial charge in [-0.15, -0.1) is 0 Å². The lowest BCUT2D eigenvalue weighted by atomic mass is 10.2. The standard InChI is InChI=1S/C10H16O3/c1-4-13-10(12)6-5-8(2)7-9(3)11/h5-7,9,11H,4H2,1-3H3/b6-5+,8-7+. The van der Waals surface area contributed by atoms with Gasteiger partial charge in [0.15, 0.2) is 0 Å². The molecule has 0 aliphatic rings. The summed E-state index contributed by atoms with van der Waals surface area (Å²) in [6.45, 7) is 5.59. The summed E-state index contributed by atoms with van der Waals surface area (Å²) in [6.07, 6.45) is 4.12. The molecule has 0 rings (SSSR count). The Bertz CT molecular complexity index is 214. The predicted octanol–water partition coefficient (Wildman–Crippen LogP) is 1.43. The van der Waals surface area contributed by atoms with E-state index in [2.05, 4.69) is 4.74 Å². The molecule has 0 saturated heterocycles. The molecule has 0 heterocycles. The van der Waals surface area contributed by atoms with Crippen LogP contribution in [0.15, 0.2) is 23.8 Å². The van der Waals surface area contributed by atoms with Crippen molar-refractivity contribution in [1.82, 2.24) is 0 Å². The third-order valence-electron chi connectivity index (χ3n) is 1.27. The molecular formula is C10H16O3. The molecule has 0 fully saturated rings. The molecule has 0 bridgehead atoms. The second kappa shape index (κ2) is 6.43. The van der Waals surface area contributed by atoms with E-state index in [0.717, 1.165) is 5.57 Å². The van der Waals surface area contributed by atoms with Crippen LogP contribution in [-0.4, -0.2) is 23.8 Å². The van der Waals surface area contributed by atoms with Crippen molar-refractivity contribution in [2.24, 2.45) is 0 Å². The minimum atomic E-state index is -0.494. The first-order valence-corrected chi connectivity index (χ1v) is 4.27. The van der Waals surface area contributed by atoms with Crippen molar-refractivity contribution in [1.29, 1.82) is 0 Å². The van der Waals surface area contributed by atoms with E-state index in [1.165, 1.54) is 6.08 Å². The van der Waals surface area contributed by atoms with Crippen molar-refractivity contribution < 1.29 is 14.6 Å². The number of aliphatic hydroxyl groups excluding tert-OH is 1. The van der Waals surface area contributed by atoms with Gasteiger partial charge in [-0.2, -0.15) is 0 Å². The summed E-state index contributed by atoms with van der Waals surface area (Å²) in [4.78, 5) is 10.8. The number of rotatable bonds is 4. The predicted molar refractivity (Wildman–Crippen MR) is 51.2 cm³/mol. The van der Waals surface area contributed by atoms with Gasteiger partial charge < -0.3 is 9.84 Å². The van der Waals surface area contributed by atoms with Gasteiger partial charge >= 0.3 is 5.97 Å². The highest BCUT2D eigenvalue weighted by Gasteiger charge is 1.93. The maximum Gasteiger partial charge on any atom is 0.330 e. The number of esters is 1. The van der Waals surface area contributed by atoms with E-state index in [-0.39, 0.29) is 5.97 Å². The second-order valence-corrected chi connectivity index (χ2v) is 2.74. The number of hydrogen-bond acceptors (Lipinski definition) is 3. The van der Waals surface area contributed by atoms with Crippen LogP contribution in [-0.2, 0) is 9.53 Å². The molecule has 1 atom stereocenters. The molecule has 0 aliphatic heterocycles. The van der Waals surface area contributed by atoms with Crippen molar-refractivity contribution in [2.45, 2.75) is 26.9 Å². The summed E-state index contributed by atoms with van der Waals surface area (Å²) in [5.41, 5.74) is 0.836. The zero-order valence-corrected chi connectivity index (χ0v) is 8.28. The molecule has 0 amide bonds. The van der Waals surface area contributed by atoms with Gasteiger partial charge in [0, 0.05) is 6.08 Å². The van der Waals surface area contributed by atoms with E-state index in [4.69, 9.17) is 5.11 Å². The Morgan fingerprint density at radius 3 is 2.62 bits per heavy atom. The highest BCUT2D eigenvalue weighted by Crippen LogP contribution is 1.98. The molecule has 0 aromatic rings. The van der Waals surface area contributed by atoms with Crippen LogP contribution in [0.3, 0.4) is 0 Å². The number of aliphatic hydroxyl groups is 1. The summed E-state index contributed by atoms with van der Waals surface area (Å²) in [5.74, 6) is -0.360. The number of hydrogen-bond donors (Lipinski definition) is 1. The van der Waals surface area contributed by atoms with E-state index in [9.17, 15) is 4.79 Å². The summed E-state index contributed by atoms with van der Waals surface area (Å²) in [5, 5.41) is 8.96. The van der Waals surface area contributed by atoms with E-state index in [1.54, 1.807) is 26.0 Å². The zero-order chi connectivity index (χ0) is 10.3. The summed E-state index contributed by atoms with van der Waals surface area (Å²) in [7, 11) is 0. The molecule has 0 aromatic heterocycles. The van der Waals surface area contributed by atoms with Gasteiger partial charge in [0.05, 0.1) is 12.7 Å². The lowest BCUT2D eigenvalue weighted by Gasteiger charge is -1.97. The van der Waals surface area contributed by atoms with Crippen molar-refractivity contribution in [3.63, 3.8) is 0 Å². The number of allylic oxidation sites excluding steroid dienone is 2. The monoisotopic (exact) mass is 184 g/mol. The molecule has 13 heavy (non-hydrogen) atoms. The molecule has 3 nitrogen and oxygen atoms in total. The largest absolute Gasteiger partial charge is 0.463 e. The molecule has 1 unspecified atom stereocenters. The van der Waals surface area contributed by atoms with Gasteiger partial charge in [0.2, 0.25) is 0 Å². The Hall–Kier alpha value is -1.09. The van der Waals surface area contributed by atoms with Crippen LogP contribution < -0.4 is 0 Å². The van der Waals surface area contributed by atoms with Crippen molar-refractivity contribution in [2.75, 3.05) is 6.61 Å². The average molecular weight is 184 g/mol.